The van der Waals surface area contributed by atoms with E-state index in [9.17, 15) is 18.4 Å². The Morgan fingerprint density at radius 3 is 2.64 bits per heavy atom. The van der Waals surface area contributed by atoms with Crippen molar-refractivity contribution in [1.29, 1.82) is 0 Å². The van der Waals surface area contributed by atoms with Gasteiger partial charge in [-0.25, -0.2) is 8.78 Å². The molecule has 4 nitrogen and oxygen atoms in total. The Labute approximate surface area is 144 Å². The van der Waals surface area contributed by atoms with Crippen molar-refractivity contribution in [2.24, 2.45) is 0 Å². The third kappa shape index (κ3) is 5.15. The molecule has 0 fully saturated rings. The average molecular weight is 342 g/mol. The summed E-state index contributed by atoms with van der Waals surface area (Å²) in [6.45, 7) is 0.0694. The van der Waals surface area contributed by atoms with Crippen LogP contribution < -0.4 is 10.6 Å². The van der Waals surface area contributed by atoms with Crippen LogP contribution in [0.3, 0.4) is 0 Å². The van der Waals surface area contributed by atoms with Gasteiger partial charge in [0.2, 0.25) is 5.91 Å². The zero-order valence-electron chi connectivity index (χ0n) is 13.3. The van der Waals surface area contributed by atoms with E-state index in [0.29, 0.717) is 5.69 Å². The molecule has 2 aromatic rings. The van der Waals surface area contributed by atoms with Crippen molar-refractivity contribution in [1.82, 2.24) is 5.32 Å². The fourth-order valence-electron chi connectivity index (χ4n) is 2.21. The standard InChI is InChI=1S/C19H16F2N2O2/c1-2-11-22-19(25)15-5-3-4-6-17(15)23-18(24)10-7-13-12-14(20)8-9-16(13)21/h1,3-6,8-9,12H,7,10-11H2,(H,22,25)(H,23,24). The van der Waals surface area contributed by atoms with Crippen LogP contribution in [0.5, 0.6) is 0 Å². The van der Waals surface area contributed by atoms with E-state index in [0.717, 1.165) is 18.2 Å². The van der Waals surface area contributed by atoms with E-state index < -0.39 is 23.4 Å². The van der Waals surface area contributed by atoms with E-state index in [4.69, 9.17) is 6.42 Å². The van der Waals surface area contributed by atoms with Crippen LogP contribution in [0.4, 0.5) is 14.5 Å². The summed E-state index contributed by atoms with van der Waals surface area (Å²) < 4.78 is 26.7. The van der Waals surface area contributed by atoms with Crippen LogP contribution in [0.25, 0.3) is 0 Å². The van der Waals surface area contributed by atoms with Crippen LogP contribution in [0.2, 0.25) is 0 Å². The number of halogens is 2. The number of carbonyl (C=O) groups is 2. The van der Waals surface area contributed by atoms with E-state index >= 15 is 0 Å². The summed E-state index contributed by atoms with van der Waals surface area (Å²) in [5.41, 5.74) is 0.708. The number of anilines is 1. The number of terminal acetylenes is 1. The van der Waals surface area contributed by atoms with Crippen LogP contribution >= 0.6 is 0 Å². The zero-order valence-corrected chi connectivity index (χ0v) is 13.3. The van der Waals surface area contributed by atoms with Gasteiger partial charge in [0.15, 0.2) is 0 Å². The molecule has 0 bridgehead atoms. The molecular formula is C19H16F2N2O2. The van der Waals surface area contributed by atoms with Crippen molar-refractivity contribution >= 4 is 17.5 Å². The molecule has 25 heavy (non-hydrogen) atoms. The van der Waals surface area contributed by atoms with E-state index in [1.807, 2.05) is 0 Å². The molecule has 0 spiro atoms. The van der Waals surface area contributed by atoms with E-state index in [1.54, 1.807) is 24.3 Å². The summed E-state index contributed by atoms with van der Waals surface area (Å²) >= 11 is 0. The molecule has 2 amide bonds. The van der Waals surface area contributed by atoms with Crippen molar-refractivity contribution < 1.29 is 18.4 Å². The number of aryl methyl sites for hydroxylation is 1. The Morgan fingerprint density at radius 2 is 1.88 bits per heavy atom. The molecule has 2 aromatic carbocycles. The lowest BCUT2D eigenvalue weighted by Gasteiger charge is -2.11. The minimum atomic E-state index is -0.566. The minimum Gasteiger partial charge on any atom is -0.341 e. The monoisotopic (exact) mass is 342 g/mol. The zero-order chi connectivity index (χ0) is 18.2. The highest BCUT2D eigenvalue weighted by Crippen LogP contribution is 2.16. The van der Waals surface area contributed by atoms with Crippen molar-refractivity contribution in [3.05, 3.63) is 65.2 Å². The second kappa shape index (κ2) is 8.60. The summed E-state index contributed by atoms with van der Waals surface area (Å²) in [6.07, 6.45) is 5.09. The number of carbonyl (C=O) groups excluding carboxylic acids is 2. The van der Waals surface area contributed by atoms with Crippen LogP contribution in [-0.4, -0.2) is 18.4 Å². The smallest absolute Gasteiger partial charge is 0.254 e. The highest BCUT2D eigenvalue weighted by molar-refractivity contribution is 6.03. The first-order valence-corrected chi connectivity index (χ1v) is 7.55. The van der Waals surface area contributed by atoms with E-state index in [1.165, 1.54) is 0 Å². The normalized spacial score (nSPS) is 9.96. The number of amides is 2. The molecule has 2 rings (SSSR count). The second-order valence-electron chi connectivity index (χ2n) is 5.22. The summed E-state index contributed by atoms with van der Waals surface area (Å²) in [5, 5.41) is 5.12. The molecule has 0 aromatic heterocycles. The third-order valence-electron chi connectivity index (χ3n) is 3.43. The Morgan fingerprint density at radius 1 is 1.12 bits per heavy atom. The van der Waals surface area contributed by atoms with Crippen molar-refractivity contribution in [3.63, 3.8) is 0 Å². The molecule has 0 unspecified atom stereocenters. The molecule has 0 aliphatic carbocycles. The summed E-state index contributed by atoms with van der Waals surface area (Å²) in [6, 6.07) is 9.54. The van der Waals surface area contributed by atoms with Gasteiger partial charge in [-0.1, -0.05) is 18.1 Å². The number of hydrogen-bond donors (Lipinski definition) is 2. The molecule has 2 N–H and O–H groups in total. The Balaban J connectivity index is 2.02. The number of benzene rings is 2. The van der Waals surface area contributed by atoms with Gasteiger partial charge < -0.3 is 10.6 Å². The Kier molecular flexibility index (Phi) is 6.24. The SMILES string of the molecule is C#CCNC(=O)c1ccccc1NC(=O)CCc1cc(F)ccc1F. The summed E-state index contributed by atoms with van der Waals surface area (Å²) in [5.74, 6) is 0.335. The number of rotatable bonds is 6. The maximum absolute atomic E-state index is 13.6. The molecule has 0 radical (unpaired) electrons. The lowest BCUT2D eigenvalue weighted by molar-refractivity contribution is -0.116. The quantitative estimate of drug-likeness (QED) is 0.793. The van der Waals surface area contributed by atoms with Crippen LogP contribution in [0.15, 0.2) is 42.5 Å². The third-order valence-corrected chi connectivity index (χ3v) is 3.43. The molecule has 0 aliphatic heterocycles. The molecule has 0 heterocycles. The first kappa shape index (κ1) is 18.1. The average Bonchev–Trinajstić information content (AvgIpc) is 2.61. The highest BCUT2D eigenvalue weighted by Gasteiger charge is 2.13. The van der Waals surface area contributed by atoms with Crippen molar-refractivity contribution in [2.45, 2.75) is 12.8 Å². The van der Waals surface area contributed by atoms with Gasteiger partial charge in [0.1, 0.15) is 11.6 Å². The van der Waals surface area contributed by atoms with Crippen molar-refractivity contribution in [2.75, 3.05) is 11.9 Å². The predicted molar refractivity (Wildman–Crippen MR) is 90.9 cm³/mol. The maximum atomic E-state index is 13.6. The molecule has 0 saturated carbocycles. The van der Waals surface area contributed by atoms with Gasteiger partial charge in [0.05, 0.1) is 17.8 Å². The maximum Gasteiger partial charge on any atom is 0.254 e. The molecule has 0 atom stereocenters. The van der Waals surface area contributed by atoms with Gasteiger partial charge in [-0.3, -0.25) is 9.59 Å². The van der Waals surface area contributed by atoms with Gasteiger partial charge in [-0.05, 0) is 42.3 Å². The first-order chi connectivity index (χ1) is 12.0. The minimum absolute atomic E-state index is 0.0425. The fraction of sp³-hybridized carbons (Fsp3) is 0.158. The summed E-state index contributed by atoms with van der Waals surface area (Å²) in [4.78, 5) is 24.1. The highest BCUT2D eigenvalue weighted by atomic mass is 19.1. The lowest BCUT2D eigenvalue weighted by Crippen LogP contribution is -2.25. The molecular weight excluding hydrogens is 326 g/mol. The van der Waals surface area contributed by atoms with Gasteiger partial charge in [-0.2, -0.15) is 0 Å². The second-order valence-corrected chi connectivity index (χ2v) is 5.22. The van der Waals surface area contributed by atoms with Crippen LogP contribution in [-0.2, 0) is 11.2 Å². The Hall–Kier alpha value is -3.20. The number of nitrogens with one attached hydrogen (secondary N) is 2. The Bertz CT molecular complexity index is 828. The van der Waals surface area contributed by atoms with Gasteiger partial charge >= 0.3 is 0 Å². The topological polar surface area (TPSA) is 58.2 Å². The first-order valence-electron chi connectivity index (χ1n) is 7.55. The lowest BCUT2D eigenvalue weighted by atomic mass is 10.1. The number of hydrogen-bond acceptors (Lipinski definition) is 2. The fourth-order valence-corrected chi connectivity index (χ4v) is 2.21. The van der Waals surface area contributed by atoms with Gasteiger partial charge in [0.25, 0.3) is 5.91 Å². The molecule has 128 valence electrons. The largest absolute Gasteiger partial charge is 0.341 e. The predicted octanol–water partition coefficient (Wildman–Crippen LogP) is 2.90. The molecule has 0 aliphatic rings. The van der Waals surface area contributed by atoms with Crippen LogP contribution in [0.1, 0.15) is 22.3 Å². The van der Waals surface area contributed by atoms with E-state index in [-0.39, 0.29) is 30.5 Å². The van der Waals surface area contributed by atoms with Crippen LogP contribution in [0, 0.1) is 24.0 Å². The molecule has 0 saturated heterocycles. The van der Waals surface area contributed by atoms with Crippen molar-refractivity contribution in [3.8, 4) is 12.3 Å². The number of para-hydroxylation sites is 1. The van der Waals surface area contributed by atoms with E-state index in [2.05, 4.69) is 16.6 Å². The summed E-state index contributed by atoms with van der Waals surface area (Å²) in [7, 11) is 0. The van der Waals surface area contributed by atoms with Gasteiger partial charge in [0, 0.05) is 6.42 Å². The molecule has 6 heteroatoms. The van der Waals surface area contributed by atoms with Gasteiger partial charge in [-0.15, -0.1) is 6.42 Å².